The molecule has 0 atom stereocenters. The van der Waals surface area contributed by atoms with Crippen molar-refractivity contribution in [2.24, 2.45) is 0 Å². The standard InChI is InChI=1S/C37H63NO10/c1-3-5-6-7-8-9-10-11-12-13-14-15-16-17-18-19-23-48-36-32(37(43)38(30-34(39)40)31-35(41)42)21-20-22-33(36)47-29-28-46-27-26-45-25-24-44-4-2/h20-22H,3-19,23-31H2,1-2H3,(H,39,40)(H,41,42). The first kappa shape index (κ1) is 43.1. The summed E-state index contributed by atoms with van der Waals surface area (Å²) in [5.41, 5.74) is 0.0510. The topological polar surface area (TPSA) is 141 Å². The van der Waals surface area contributed by atoms with E-state index in [2.05, 4.69) is 6.92 Å². The second kappa shape index (κ2) is 30.2. The zero-order valence-corrected chi connectivity index (χ0v) is 29.7. The van der Waals surface area contributed by atoms with Gasteiger partial charge in [0.15, 0.2) is 11.5 Å². The van der Waals surface area contributed by atoms with Gasteiger partial charge in [-0.1, -0.05) is 109 Å². The molecular formula is C37H63NO10. The Morgan fingerprint density at radius 3 is 1.50 bits per heavy atom. The van der Waals surface area contributed by atoms with Crippen LogP contribution in [0.1, 0.15) is 127 Å². The molecular weight excluding hydrogens is 618 g/mol. The fourth-order valence-corrected chi connectivity index (χ4v) is 5.26. The fourth-order valence-electron chi connectivity index (χ4n) is 5.26. The summed E-state index contributed by atoms with van der Waals surface area (Å²) in [5, 5.41) is 18.5. The van der Waals surface area contributed by atoms with Gasteiger partial charge in [0.05, 0.1) is 45.2 Å². The van der Waals surface area contributed by atoms with E-state index in [4.69, 9.17) is 23.7 Å². The highest BCUT2D eigenvalue weighted by molar-refractivity contribution is 6.00. The summed E-state index contributed by atoms with van der Waals surface area (Å²) in [6, 6.07) is 4.75. The SMILES string of the molecule is CCCCCCCCCCCCCCCCCCOc1c(OCCOCCOCCOCC)cccc1C(=O)N(CC(=O)O)CC(=O)O. The number of amides is 1. The van der Waals surface area contributed by atoms with Crippen molar-refractivity contribution in [3.63, 3.8) is 0 Å². The van der Waals surface area contributed by atoms with Crippen LogP contribution in [0.25, 0.3) is 0 Å². The molecule has 1 rings (SSSR count). The smallest absolute Gasteiger partial charge is 0.323 e. The third kappa shape index (κ3) is 22.6. The molecule has 0 heterocycles. The molecule has 0 aliphatic rings. The van der Waals surface area contributed by atoms with Crippen LogP contribution in [0.2, 0.25) is 0 Å². The number of carbonyl (C=O) groups is 3. The average Bonchev–Trinajstić information content (AvgIpc) is 3.06. The molecule has 1 aromatic rings. The van der Waals surface area contributed by atoms with Crippen molar-refractivity contribution in [3.05, 3.63) is 23.8 Å². The van der Waals surface area contributed by atoms with Gasteiger partial charge in [0.1, 0.15) is 19.7 Å². The van der Waals surface area contributed by atoms with Crippen LogP contribution in [0.4, 0.5) is 0 Å². The minimum Gasteiger partial charge on any atom is -0.489 e. The number of aliphatic carboxylic acids is 2. The number of ether oxygens (including phenoxy) is 5. The summed E-state index contributed by atoms with van der Waals surface area (Å²) < 4.78 is 28.2. The van der Waals surface area contributed by atoms with Crippen molar-refractivity contribution >= 4 is 17.8 Å². The highest BCUT2D eigenvalue weighted by Gasteiger charge is 2.26. The summed E-state index contributed by atoms with van der Waals surface area (Å²) >= 11 is 0. The van der Waals surface area contributed by atoms with E-state index in [0.29, 0.717) is 45.4 Å². The predicted octanol–water partition coefficient (Wildman–Crippen LogP) is 7.39. The molecule has 0 spiro atoms. The Morgan fingerprint density at radius 2 is 1.02 bits per heavy atom. The molecule has 276 valence electrons. The summed E-state index contributed by atoms with van der Waals surface area (Å²) in [6.45, 7) is 5.95. The number of carboxylic acid groups (broad SMARTS) is 2. The normalized spacial score (nSPS) is 11.0. The summed E-state index contributed by atoms with van der Waals surface area (Å²) in [4.78, 5) is 36.8. The van der Waals surface area contributed by atoms with Gasteiger partial charge in [0.25, 0.3) is 5.91 Å². The number of hydrogen-bond acceptors (Lipinski definition) is 8. The molecule has 0 aliphatic heterocycles. The fraction of sp³-hybridized carbons (Fsp3) is 0.757. The van der Waals surface area contributed by atoms with Crippen LogP contribution in [0, 0.1) is 0 Å². The van der Waals surface area contributed by atoms with Gasteiger partial charge in [-0.15, -0.1) is 0 Å². The number of hydrogen-bond donors (Lipinski definition) is 2. The first-order chi connectivity index (χ1) is 23.4. The summed E-state index contributed by atoms with van der Waals surface area (Å²) in [7, 11) is 0. The van der Waals surface area contributed by atoms with E-state index in [1.165, 1.54) is 89.5 Å². The molecule has 11 heteroatoms. The van der Waals surface area contributed by atoms with E-state index < -0.39 is 30.9 Å². The maximum Gasteiger partial charge on any atom is 0.323 e. The van der Waals surface area contributed by atoms with Crippen LogP contribution in [-0.2, 0) is 23.8 Å². The molecule has 1 aromatic carbocycles. The Balaban J connectivity index is 2.53. The van der Waals surface area contributed by atoms with Crippen molar-refractivity contribution in [1.29, 1.82) is 0 Å². The molecule has 11 nitrogen and oxygen atoms in total. The molecule has 0 aromatic heterocycles. The van der Waals surface area contributed by atoms with Gasteiger partial charge in [-0.2, -0.15) is 0 Å². The van der Waals surface area contributed by atoms with E-state index >= 15 is 0 Å². The summed E-state index contributed by atoms with van der Waals surface area (Å²) in [6.07, 6.45) is 20.1. The van der Waals surface area contributed by atoms with Gasteiger partial charge in [-0.3, -0.25) is 14.4 Å². The largest absolute Gasteiger partial charge is 0.489 e. The van der Waals surface area contributed by atoms with Crippen LogP contribution in [0.15, 0.2) is 18.2 Å². The molecule has 0 radical (unpaired) electrons. The Kier molecular flexibility index (Phi) is 27.1. The van der Waals surface area contributed by atoms with Gasteiger partial charge in [0.2, 0.25) is 0 Å². The number of carboxylic acids is 2. The number of para-hydroxylation sites is 1. The van der Waals surface area contributed by atoms with Gasteiger partial charge >= 0.3 is 11.9 Å². The van der Waals surface area contributed by atoms with Crippen LogP contribution >= 0.6 is 0 Å². The van der Waals surface area contributed by atoms with E-state index in [1.807, 2.05) is 6.92 Å². The van der Waals surface area contributed by atoms with Crippen LogP contribution in [0.5, 0.6) is 11.5 Å². The van der Waals surface area contributed by atoms with Gasteiger partial charge in [-0.25, -0.2) is 0 Å². The third-order valence-corrected chi connectivity index (χ3v) is 7.83. The van der Waals surface area contributed by atoms with Crippen molar-refractivity contribution in [1.82, 2.24) is 4.90 Å². The number of carbonyl (C=O) groups excluding carboxylic acids is 1. The highest BCUT2D eigenvalue weighted by Crippen LogP contribution is 2.33. The number of unbranched alkanes of at least 4 members (excludes halogenated alkanes) is 15. The Labute approximate surface area is 288 Å². The van der Waals surface area contributed by atoms with E-state index in [-0.39, 0.29) is 24.5 Å². The number of nitrogens with zero attached hydrogens (tertiary/aromatic N) is 1. The van der Waals surface area contributed by atoms with Crippen molar-refractivity contribution in [3.8, 4) is 11.5 Å². The second-order valence-corrected chi connectivity index (χ2v) is 12.0. The molecule has 1 amide bonds. The minimum atomic E-state index is -1.31. The quantitative estimate of drug-likeness (QED) is 0.0708. The van der Waals surface area contributed by atoms with Crippen LogP contribution < -0.4 is 9.47 Å². The zero-order valence-electron chi connectivity index (χ0n) is 29.7. The second-order valence-electron chi connectivity index (χ2n) is 12.0. The maximum absolute atomic E-state index is 13.3. The molecule has 48 heavy (non-hydrogen) atoms. The molecule has 0 saturated heterocycles. The zero-order chi connectivity index (χ0) is 35.1. The lowest BCUT2D eigenvalue weighted by atomic mass is 10.0. The molecule has 0 bridgehead atoms. The van der Waals surface area contributed by atoms with E-state index in [1.54, 1.807) is 12.1 Å². The number of benzene rings is 1. The minimum absolute atomic E-state index is 0.0510. The Hall–Kier alpha value is -2.89. The van der Waals surface area contributed by atoms with Gasteiger partial charge in [-0.05, 0) is 25.5 Å². The maximum atomic E-state index is 13.3. The predicted molar refractivity (Wildman–Crippen MR) is 186 cm³/mol. The lowest BCUT2D eigenvalue weighted by Gasteiger charge is -2.22. The van der Waals surface area contributed by atoms with E-state index in [0.717, 1.165) is 24.2 Å². The first-order valence-electron chi connectivity index (χ1n) is 18.2. The number of rotatable bonds is 34. The van der Waals surface area contributed by atoms with Crippen LogP contribution in [-0.4, -0.2) is 98.9 Å². The first-order valence-corrected chi connectivity index (χ1v) is 18.2. The lowest BCUT2D eigenvalue weighted by molar-refractivity contribution is -0.140. The lowest BCUT2D eigenvalue weighted by Crippen LogP contribution is -2.39. The Morgan fingerprint density at radius 1 is 0.562 bits per heavy atom. The molecule has 0 saturated carbocycles. The molecule has 2 N–H and O–H groups in total. The van der Waals surface area contributed by atoms with Gasteiger partial charge < -0.3 is 38.8 Å². The van der Waals surface area contributed by atoms with Crippen LogP contribution in [0.3, 0.4) is 0 Å². The molecule has 0 fully saturated rings. The monoisotopic (exact) mass is 681 g/mol. The molecule has 0 unspecified atom stereocenters. The van der Waals surface area contributed by atoms with Crippen molar-refractivity contribution in [2.75, 3.05) is 65.9 Å². The molecule has 0 aliphatic carbocycles. The highest BCUT2D eigenvalue weighted by atomic mass is 16.6. The third-order valence-electron chi connectivity index (χ3n) is 7.83. The van der Waals surface area contributed by atoms with Crippen molar-refractivity contribution in [2.45, 2.75) is 117 Å². The van der Waals surface area contributed by atoms with Crippen molar-refractivity contribution < 1.29 is 48.3 Å². The summed E-state index contributed by atoms with van der Waals surface area (Å²) in [5.74, 6) is -2.91. The van der Waals surface area contributed by atoms with E-state index in [9.17, 15) is 24.6 Å². The van der Waals surface area contributed by atoms with Gasteiger partial charge in [0, 0.05) is 6.61 Å². The average molecular weight is 682 g/mol. The Bertz CT molecular complexity index is 957.